The molecule has 1 aliphatic rings. The van der Waals surface area contributed by atoms with E-state index in [1.807, 2.05) is 25.9 Å². The number of nitrogens with two attached hydrogens (primary N) is 1. The molecule has 0 aromatic rings. The summed E-state index contributed by atoms with van der Waals surface area (Å²) in [6, 6.07) is 0.124. The number of hydrogen-bond donors (Lipinski definition) is 2. The lowest BCUT2D eigenvalue weighted by Crippen LogP contribution is -2.46. The zero-order chi connectivity index (χ0) is 11.6. The predicted octanol–water partition coefficient (Wildman–Crippen LogP) is 0.119. The second-order valence-corrected chi connectivity index (χ2v) is 5.02. The fourth-order valence-electron chi connectivity index (χ4n) is 1.67. The summed E-state index contributed by atoms with van der Waals surface area (Å²) in [5.41, 5.74) is 5.04. The average molecular weight is 229 g/mol. The van der Waals surface area contributed by atoms with Crippen molar-refractivity contribution in [2.24, 2.45) is 11.1 Å². The maximum Gasteiger partial charge on any atom is 0.233 e. The summed E-state index contributed by atoms with van der Waals surface area (Å²) in [4.78, 5) is 14.2. The third kappa shape index (κ3) is 2.89. The molecule has 1 fully saturated rings. The molecule has 0 saturated heterocycles. The number of amides is 1. The van der Waals surface area contributed by atoms with Gasteiger partial charge in [-0.05, 0) is 33.9 Å². The van der Waals surface area contributed by atoms with E-state index in [1.165, 1.54) is 0 Å². The van der Waals surface area contributed by atoms with E-state index >= 15 is 0 Å². The third-order valence-electron chi connectivity index (χ3n) is 2.67. The molecule has 1 rings (SSSR count). The van der Waals surface area contributed by atoms with Crippen LogP contribution in [0.4, 0.5) is 0 Å². The van der Waals surface area contributed by atoms with Gasteiger partial charge in [0.15, 0.2) is 0 Å². The minimum atomic E-state index is -0.532. The number of carbonyl (C=O) groups excluding carboxylic acids is 1. The van der Waals surface area contributed by atoms with E-state index in [9.17, 15) is 4.79 Å². The van der Waals surface area contributed by atoms with Gasteiger partial charge in [-0.2, -0.15) is 0 Å². The monoisotopic (exact) mass is 229 g/mol. The van der Waals surface area contributed by atoms with Gasteiger partial charge >= 0.3 is 0 Å². The summed E-state index contributed by atoms with van der Waals surface area (Å²) in [6.07, 6.45) is 1.59. The molecule has 1 unspecified atom stereocenters. The number of thiocarbonyl (C=S) groups is 1. The average Bonchev–Trinajstić information content (AvgIpc) is 2.80. The second kappa shape index (κ2) is 4.45. The first-order valence-electron chi connectivity index (χ1n) is 5.14. The van der Waals surface area contributed by atoms with Gasteiger partial charge in [-0.15, -0.1) is 0 Å². The summed E-state index contributed by atoms with van der Waals surface area (Å²) in [5.74, 6) is -0.00986. The minimum absolute atomic E-state index is 0.00986. The summed E-state index contributed by atoms with van der Waals surface area (Å²) in [7, 11) is 3.95. The van der Waals surface area contributed by atoms with Crippen molar-refractivity contribution in [3.05, 3.63) is 0 Å². The van der Waals surface area contributed by atoms with Crippen LogP contribution in [-0.2, 0) is 4.79 Å². The number of likely N-dealkylation sites (N-methyl/N-ethyl adjacent to an activating group) is 1. The maximum atomic E-state index is 11.9. The summed E-state index contributed by atoms with van der Waals surface area (Å²) in [6.45, 7) is 2.80. The van der Waals surface area contributed by atoms with Crippen molar-refractivity contribution in [1.29, 1.82) is 0 Å². The molecular formula is C10H19N3OS. The molecule has 0 bridgehead atoms. The molecule has 0 aromatic heterocycles. The van der Waals surface area contributed by atoms with E-state index < -0.39 is 5.41 Å². The molecule has 15 heavy (non-hydrogen) atoms. The Hall–Kier alpha value is -0.680. The molecule has 0 heterocycles. The van der Waals surface area contributed by atoms with Crippen LogP contribution in [0.15, 0.2) is 0 Å². The van der Waals surface area contributed by atoms with Crippen LogP contribution in [0.25, 0.3) is 0 Å². The van der Waals surface area contributed by atoms with Crippen molar-refractivity contribution in [3.8, 4) is 0 Å². The molecule has 1 aliphatic carbocycles. The molecule has 0 aliphatic heterocycles. The van der Waals surface area contributed by atoms with Gasteiger partial charge in [-0.25, -0.2) is 0 Å². The van der Waals surface area contributed by atoms with Crippen LogP contribution in [0.5, 0.6) is 0 Å². The van der Waals surface area contributed by atoms with Crippen LogP contribution >= 0.6 is 12.2 Å². The highest BCUT2D eigenvalue weighted by Gasteiger charge is 2.52. The Labute approximate surface area is 96.2 Å². The Kier molecular flexibility index (Phi) is 3.67. The molecule has 4 nitrogen and oxygen atoms in total. The summed E-state index contributed by atoms with van der Waals surface area (Å²) in [5, 5.41) is 2.95. The van der Waals surface area contributed by atoms with Crippen molar-refractivity contribution < 1.29 is 4.79 Å². The van der Waals surface area contributed by atoms with Crippen molar-refractivity contribution in [1.82, 2.24) is 10.2 Å². The van der Waals surface area contributed by atoms with Crippen LogP contribution < -0.4 is 11.1 Å². The molecule has 0 aromatic carbocycles. The Morgan fingerprint density at radius 2 is 2.13 bits per heavy atom. The fourth-order valence-corrected chi connectivity index (χ4v) is 1.96. The van der Waals surface area contributed by atoms with Crippen LogP contribution in [0.2, 0.25) is 0 Å². The molecule has 3 N–H and O–H groups in total. The lowest BCUT2D eigenvalue weighted by atomic mass is 10.1. The summed E-state index contributed by atoms with van der Waals surface area (Å²) >= 11 is 4.92. The van der Waals surface area contributed by atoms with Gasteiger partial charge in [0.25, 0.3) is 0 Å². The van der Waals surface area contributed by atoms with Crippen LogP contribution in [0.3, 0.4) is 0 Å². The summed E-state index contributed by atoms with van der Waals surface area (Å²) < 4.78 is 0. The zero-order valence-electron chi connectivity index (χ0n) is 9.54. The molecule has 5 heteroatoms. The van der Waals surface area contributed by atoms with Gasteiger partial charge in [0, 0.05) is 12.6 Å². The fraction of sp³-hybridized carbons (Fsp3) is 0.800. The van der Waals surface area contributed by atoms with E-state index in [0.29, 0.717) is 4.99 Å². The van der Waals surface area contributed by atoms with Gasteiger partial charge in [0.1, 0.15) is 0 Å². The molecule has 1 amide bonds. The molecule has 1 saturated carbocycles. The van der Waals surface area contributed by atoms with E-state index in [4.69, 9.17) is 18.0 Å². The largest absolute Gasteiger partial charge is 0.392 e. The van der Waals surface area contributed by atoms with E-state index in [2.05, 4.69) is 5.32 Å². The number of carbonyl (C=O) groups is 1. The standard InChI is InChI=1S/C10H19N3OS/c1-7(6-13(2)3)12-9(14)10(4-5-10)8(11)15/h7H,4-6H2,1-3H3,(H2,11,15)(H,12,14). The Morgan fingerprint density at radius 3 is 2.47 bits per heavy atom. The SMILES string of the molecule is CC(CN(C)C)NC(=O)C1(C(N)=S)CC1. The molecular weight excluding hydrogens is 210 g/mol. The quantitative estimate of drug-likeness (QED) is 0.657. The van der Waals surface area contributed by atoms with Gasteiger partial charge in [0.05, 0.1) is 10.4 Å². The topological polar surface area (TPSA) is 58.4 Å². The molecule has 0 spiro atoms. The first-order valence-corrected chi connectivity index (χ1v) is 5.55. The van der Waals surface area contributed by atoms with Crippen molar-refractivity contribution >= 4 is 23.1 Å². The minimum Gasteiger partial charge on any atom is -0.392 e. The van der Waals surface area contributed by atoms with Crippen LogP contribution in [0.1, 0.15) is 19.8 Å². The Morgan fingerprint density at radius 1 is 1.60 bits per heavy atom. The normalized spacial score (nSPS) is 19.7. The predicted molar refractivity (Wildman–Crippen MR) is 64.6 cm³/mol. The first-order chi connectivity index (χ1) is 6.88. The smallest absolute Gasteiger partial charge is 0.233 e. The number of rotatable bonds is 5. The third-order valence-corrected chi connectivity index (χ3v) is 3.06. The molecule has 1 atom stereocenters. The van der Waals surface area contributed by atoms with Crippen LogP contribution in [0, 0.1) is 5.41 Å². The van der Waals surface area contributed by atoms with Crippen molar-refractivity contribution in [3.63, 3.8) is 0 Å². The van der Waals surface area contributed by atoms with E-state index in [-0.39, 0.29) is 11.9 Å². The number of hydrogen-bond acceptors (Lipinski definition) is 3. The van der Waals surface area contributed by atoms with E-state index in [0.717, 1.165) is 19.4 Å². The van der Waals surface area contributed by atoms with Crippen LogP contribution in [-0.4, -0.2) is 42.5 Å². The Bertz CT molecular complexity index is 274. The lowest BCUT2D eigenvalue weighted by Gasteiger charge is -2.21. The van der Waals surface area contributed by atoms with Gasteiger partial charge in [-0.1, -0.05) is 12.2 Å². The number of nitrogens with one attached hydrogen (secondary N) is 1. The molecule has 0 radical (unpaired) electrons. The van der Waals surface area contributed by atoms with Crippen molar-refractivity contribution in [2.45, 2.75) is 25.8 Å². The second-order valence-electron chi connectivity index (χ2n) is 4.58. The number of nitrogens with zero attached hydrogens (tertiary/aromatic N) is 1. The van der Waals surface area contributed by atoms with Gasteiger partial charge in [0.2, 0.25) is 5.91 Å². The lowest BCUT2D eigenvalue weighted by molar-refractivity contribution is -0.124. The zero-order valence-corrected chi connectivity index (χ0v) is 10.4. The van der Waals surface area contributed by atoms with Gasteiger partial charge in [-0.3, -0.25) is 4.79 Å². The van der Waals surface area contributed by atoms with Crippen molar-refractivity contribution in [2.75, 3.05) is 20.6 Å². The highest BCUT2D eigenvalue weighted by molar-refractivity contribution is 7.80. The highest BCUT2D eigenvalue weighted by atomic mass is 32.1. The maximum absolute atomic E-state index is 11.9. The molecule has 86 valence electrons. The Balaban J connectivity index is 2.46. The van der Waals surface area contributed by atoms with Gasteiger partial charge < -0.3 is 16.0 Å². The van der Waals surface area contributed by atoms with E-state index in [1.54, 1.807) is 0 Å². The highest BCUT2D eigenvalue weighted by Crippen LogP contribution is 2.46. The first kappa shape index (κ1) is 12.4.